The number of nitrogens with zero attached hydrogens (tertiary/aromatic N) is 2. The number of morpholine rings is 1. The fraction of sp³-hybridized carbons (Fsp3) is 0.588. The summed E-state index contributed by atoms with van der Waals surface area (Å²) in [6.45, 7) is 7.99. The Morgan fingerprint density at radius 3 is 3.04 bits per heavy atom. The van der Waals surface area contributed by atoms with Gasteiger partial charge in [0.25, 0.3) is 0 Å². The monoisotopic (exact) mass is 318 g/mol. The Morgan fingerprint density at radius 1 is 1.30 bits per heavy atom. The van der Waals surface area contributed by atoms with Gasteiger partial charge in [0.1, 0.15) is 12.4 Å². The zero-order chi connectivity index (χ0) is 15.7. The lowest BCUT2D eigenvalue weighted by Gasteiger charge is -2.26. The van der Waals surface area contributed by atoms with Gasteiger partial charge in [-0.1, -0.05) is 12.1 Å². The van der Waals surface area contributed by atoms with Crippen molar-refractivity contribution in [3.05, 3.63) is 29.8 Å². The van der Waals surface area contributed by atoms with Crippen molar-refractivity contribution in [2.24, 2.45) is 4.99 Å². The van der Waals surface area contributed by atoms with E-state index in [1.807, 2.05) is 12.1 Å². The molecule has 0 aromatic heterocycles. The summed E-state index contributed by atoms with van der Waals surface area (Å²) in [5.41, 5.74) is 1.20. The number of benzene rings is 1. The highest BCUT2D eigenvalue weighted by Crippen LogP contribution is 2.13. The molecule has 0 bridgehead atoms. The largest absolute Gasteiger partial charge is 0.492 e. The normalized spacial score (nSPS) is 18.9. The van der Waals surface area contributed by atoms with Crippen LogP contribution in [-0.2, 0) is 11.3 Å². The Bertz CT molecular complexity index is 515. The molecule has 2 aliphatic rings. The van der Waals surface area contributed by atoms with E-state index in [0.717, 1.165) is 70.6 Å². The average molecular weight is 318 g/mol. The molecule has 6 heteroatoms. The summed E-state index contributed by atoms with van der Waals surface area (Å²) in [5.74, 6) is 1.82. The van der Waals surface area contributed by atoms with E-state index in [1.54, 1.807) is 0 Å². The van der Waals surface area contributed by atoms with E-state index in [4.69, 9.17) is 9.47 Å². The standard InChI is InChI=1S/C17H26N4O2/c1-3-15(14-20-17-18-5-2-6-19-17)13-16(4-1)23-12-9-21-7-10-22-11-8-21/h1,3-4,13H,2,5-12,14H2,(H2,18,19,20). The zero-order valence-corrected chi connectivity index (χ0v) is 13.6. The van der Waals surface area contributed by atoms with Crippen LogP contribution in [0.25, 0.3) is 0 Å². The van der Waals surface area contributed by atoms with Crippen molar-refractivity contribution in [2.75, 3.05) is 52.5 Å². The lowest BCUT2D eigenvalue weighted by atomic mass is 10.2. The summed E-state index contributed by atoms with van der Waals surface area (Å²) < 4.78 is 11.2. The summed E-state index contributed by atoms with van der Waals surface area (Å²) in [4.78, 5) is 6.79. The van der Waals surface area contributed by atoms with E-state index in [0.29, 0.717) is 6.61 Å². The third-order valence-corrected chi connectivity index (χ3v) is 4.04. The van der Waals surface area contributed by atoms with Gasteiger partial charge in [0.05, 0.1) is 13.2 Å². The van der Waals surface area contributed by atoms with Gasteiger partial charge in [-0.25, -0.2) is 0 Å². The molecular weight excluding hydrogens is 292 g/mol. The molecule has 2 heterocycles. The highest BCUT2D eigenvalue weighted by Gasteiger charge is 2.10. The molecule has 23 heavy (non-hydrogen) atoms. The number of hydrogen-bond acceptors (Lipinski definition) is 6. The van der Waals surface area contributed by atoms with Crippen LogP contribution in [0.2, 0.25) is 0 Å². The number of guanidine groups is 1. The first-order valence-corrected chi connectivity index (χ1v) is 8.44. The van der Waals surface area contributed by atoms with E-state index in [9.17, 15) is 0 Å². The van der Waals surface area contributed by atoms with E-state index in [-0.39, 0.29) is 0 Å². The highest BCUT2D eigenvalue weighted by molar-refractivity contribution is 5.80. The Hall–Kier alpha value is -1.79. The van der Waals surface area contributed by atoms with Gasteiger partial charge in [-0.15, -0.1) is 0 Å². The summed E-state index contributed by atoms with van der Waals surface area (Å²) in [7, 11) is 0. The van der Waals surface area contributed by atoms with Gasteiger partial charge >= 0.3 is 0 Å². The van der Waals surface area contributed by atoms with Crippen LogP contribution < -0.4 is 15.4 Å². The van der Waals surface area contributed by atoms with Crippen molar-refractivity contribution in [3.63, 3.8) is 0 Å². The van der Waals surface area contributed by atoms with Crippen LogP contribution in [0.5, 0.6) is 5.75 Å². The second-order valence-corrected chi connectivity index (χ2v) is 5.81. The summed E-state index contributed by atoms with van der Waals surface area (Å²) in [6, 6.07) is 8.25. The molecule has 1 aromatic rings. The second-order valence-electron chi connectivity index (χ2n) is 5.81. The van der Waals surface area contributed by atoms with Crippen molar-refractivity contribution < 1.29 is 9.47 Å². The SMILES string of the molecule is c1cc(CNC2=NCCCN2)cc(OCCN2CCOCC2)c1. The molecule has 6 nitrogen and oxygen atoms in total. The average Bonchev–Trinajstić information content (AvgIpc) is 2.62. The molecule has 1 aromatic carbocycles. The maximum Gasteiger partial charge on any atom is 0.191 e. The number of ether oxygens (including phenoxy) is 2. The number of hydrogen-bond donors (Lipinski definition) is 2. The van der Waals surface area contributed by atoms with Gasteiger partial charge in [0.15, 0.2) is 5.96 Å². The summed E-state index contributed by atoms with van der Waals surface area (Å²) in [6.07, 6.45) is 1.11. The molecule has 1 fully saturated rings. The van der Waals surface area contributed by atoms with Crippen LogP contribution in [0.3, 0.4) is 0 Å². The van der Waals surface area contributed by atoms with Gasteiger partial charge in [0.2, 0.25) is 0 Å². The molecule has 0 atom stereocenters. The first kappa shape index (κ1) is 16.1. The number of rotatable bonds is 6. The van der Waals surface area contributed by atoms with Crippen LogP contribution in [0.1, 0.15) is 12.0 Å². The van der Waals surface area contributed by atoms with Crippen molar-refractivity contribution in [3.8, 4) is 5.75 Å². The van der Waals surface area contributed by atoms with Gasteiger partial charge in [-0.05, 0) is 24.1 Å². The van der Waals surface area contributed by atoms with Gasteiger partial charge in [-0.2, -0.15) is 0 Å². The summed E-state index contributed by atoms with van der Waals surface area (Å²) in [5, 5.41) is 6.60. The third kappa shape index (κ3) is 5.41. The lowest BCUT2D eigenvalue weighted by Crippen LogP contribution is -2.40. The van der Waals surface area contributed by atoms with Crippen LogP contribution in [0.4, 0.5) is 0 Å². The van der Waals surface area contributed by atoms with E-state index >= 15 is 0 Å². The van der Waals surface area contributed by atoms with E-state index in [2.05, 4.69) is 32.7 Å². The van der Waals surface area contributed by atoms with Crippen LogP contribution in [0, 0.1) is 0 Å². The van der Waals surface area contributed by atoms with Crippen LogP contribution in [0.15, 0.2) is 29.3 Å². The third-order valence-electron chi connectivity index (χ3n) is 4.04. The highest BCUT2D eigenvalue weighted by atomic mass is 16.5. The molecule has 0 spiro atoms. The Kier molecular flexibility index (Phi) is 6.11. The molecule has 0 amide bonds. The molecule has 0 radical (unpaired) electrons. The van der Waals surface area contributed by atoms with Crippen LogP contribution >= 0.6 is 0 Å². The summed E-state index contributed by atoms with van der Waals surface area (Å²) >= 11 is 0. The van der Waals surface area contributed by atoms with Crippen molar-refractivity contribution in [2.45, 2.75) is 13.0 Å². The van der Waals surface area contributed by atoms with Crippen molar-refractivity contribution in [1.82, 2.24) is 15.5 Å². The molecule has 0 aliphatic carbocycles. The van der Waals surface area contributed by atoms with E-state index in [1.165, 1.54) is 5.56 Å². The Labute approximate surface area is 137 Å². The van der Waals surface area contributed by atoms with Gasteiger partial charge in [0, 0.05) is 39.3 Å². The fourth-order valence-corrected chi connectivity index (χ4v) is 2.70. The quantitative estimate of drug-likeness (QED) is 0.814. The number of aliphatic imine (C=N–C) groups is 1. The first-order chi connectivity index (χ1) is 11.4. The minimum absolute atomic E-state index is 0.713. The molecule has 2 N–H and O–H groups in total. The lowest BCUT2D eigenvalue weighted by molar-refractivity contribution is 0.0322. The predicted octanol–water partition coefficient (Wildman–Crippen LogP) is 0.837. The van der Waals surface area contributed by atoms with Crippen molar-refractivity contribution in [1.29, 1.82) is 0 Å². The second kappa shape index (κ2) is 8.74. The minimum atomic E-state index is 0.713. The van der Waals surface area contributed by atoms with Crippen LogP contribution in [-0.4, -0.2) is 63.4 Å². The first-order valence-electron chi connectivity index (χ1n) is 8.44. The smallest absolute Gasteiger partial charge is 0.191 e. The van der Waals surface area contributed by atoms with Gasteiger partial charge in [-0.3, -0.25) is 9.89 Å². The molecule has 2 aliphatic heterocycles. The van der Waals surface area contributed by atoms with Gasteiger partial charge < -0.3 is 20.1 Å². The topological polar surface area (TPSA) is 58.1 Å². The molecule has 0 saturated carbocycles. The predicted molar refractivity (Wildman–Crippen MR) is 91.0 cm³/mol. The molecule has 3 rings (SSSR count). The zero-order valence-electron chi connectivity index (χ0n) is 13.6. The Morgan fingerprint density at radius 2 is 2.22 bits per heavy atom. The fourth-order valence-electron chi connectivity index (χ4n) is 2.70. The Balaban J connectivity index is 1.42. The maximum atomic E-state index is 5.89. The minimum Gasteiger partial charge on any atom is -0.492 e. The van der Waals surface area contributed by atoms with E-state index < -0.39 is 0 Å². The molecular formula is C17H26N4O2. The maximum absolute atomic E-state index is 5.89. The molecule has 126 valence electrons. The molecule has 0 unspecified atom stereocenters. The molecule has 1 saturated heterocycles. The number of nitrogens with one attached hydrogen (secondary N) is 2. The van der Waals surface area contributed by atoms with Crippen molar-refractivity contribution >= 4 is 5.96 Å².